The molecule has 3 N–H and O–H groups in total. The van der Waals surface area contributed by atoms with Gasteiger partial charge in [0, 0.05) is 17.8 Å². The van der Waals surface area contributed by atoms with Gasteiger partial charge in [0.2, 0.25) is 10.0 Å². The maximum Gasteiger partial charge on any atom is 0.348 e. The highest BCUT2D eigenvalue weighted by atomic mass is 32.2. The van der Waals surface area contributed by atoms with Crippen LogP contribution in [0.3, 0.4) is 0 Å². The predicted molar refractivity (Wildman–Crippen MR) is 154 cm³/mol. The molecule has 0 saturated carbocycles. The zero-order chi connectivity index (χ0) is 28.6. The lowest BCUT2D eigenvalue weighted by atomic mass is 9.92. The molecule has 13 heteroatoms. The normalized spacial score (nSPS) is 17.2. The van der Waals surface area contributed by atoms with Crippen LogP contribution < -0.4 is 20.9 Å². The Morgan fingerprint density at radius 3 is 2.46 bits per heavy atom. The molecule has 2 heterocycles. The van der Waals surface area contributed by atoms with Crippen LogP contribution in [0.25, 0.3) is 11.3 Å². The lowest BCUT2D eigenvalue weighted by molar-refractivity contribution is 0.335. The Labute approximate surface area is 227 Å². The Hall–Kier alpha value is -3.47. The van der Waals surface area contributed by atoms with Gasteiger partial charge < -0.3 is 14.9 Å². The van der Waals surface area contributed by atoms with Crippen LogP contribution >= 0.6 is 7.52 Å². The smallest absolute Gasteiger partial charge is 0.348 e. The Bertz CT molecular complexity index is 1650. The Morgan fingerprint density at radius 2 is 1.85 bits per heavy atom. The van der Waals surface area contributed by atoms with Crippen molar-refractivity contribution in [3.05, 3.63) is 64.4 Å². The van der Waals surface area contributed by atoms with Crippen LogP contribution in [0, 0.1) is 5.41 Å². The summed E-state index contributed by atoms with van der Waals surface area (Å²) in [7, 11) is -7.58. The highest BCUT2D eigenvalue weighted by molar-refractivity contribution is 7.92. The second-order valence-electron chi connectivity index (χ2n) is 10.4. The molecule has 4 rings (SSSR count). The lowest BCUT2D eigenvalue weighted by Crippen LogP contribution is -2.35. The van der Waals surface area contributed by atoms with Crippen LogP contribution in [0.2, 0.25) is 0 Å². The van der Waals surface area contributed by atoms with Crippen molar-refractivity contribution in [2.45, 2.75) is 40.7 Å². The van der Waals surface area contributed by atoms with E-state index in [1.165, 1.54) is 22.9 Å². The summed E-state index contributed by atoms with van der Waals surface area (Å²) in [5.41, 5.74) is 0.350. The molecule has 1 aromatic heterocycles. The summed E-state index contributed by atoms with van der Waals surface area (Å²) in [6, 6.07) is 13.3. The summed E-state index contributed by atoms with van der Waals surface area (Å²) in [6.45, 7) is 8.10. The van der Waals surface area contributed by atoms with Crippen LogP contribution in [0.5, 0.6) is 5.75 Å². The fourth-order valence-electron chi connectivity index (χ4n) is 4.03. The van der Waals surface area contributed by atoms with Crippen molar-refractivity contribution in [3.63, 3.8) is 0 Å². The van der Waals surface area contributed by atoms with Gasteiger partial charge in [0.05, 0.1) is 23.9 Å². The standard InChI is InChI=1S/C26H32N5O6PS/c1-6-37-38(34)20-16-18(30-39(5,35)36)12-13-19(20)27-24(29-38)21-23(32)22(17-10-8-7-9-11-17)28-31(25(21)33)15-14-26(2,3)4/h7-13,16,30,32H,6,14-15H2,1-5H3,(H,27,29,34). The van der Waals surface area contributed by atoms with Crippen molar-refractivity contribution in [1.82, 2.24) is 9.78 Å². The number of anilines is 2. The van der Waals surface area contributed by atoms with Crippen molar-refractivity contribution >= 4 is 40.1 Å². The number of hydrogen-bond acceptors (Lipinski definition) is 8. The summed E-state index contributed by atoms with van der Waals surface area (Å²) in [4.78, 5) is 13.7. The van der Waals surface area contributed by atoms with E-state index in [0.717, 1.165) is 6.26 Å². The first-order valence-electron chi connectivity index (χ1n) is 12.3. The quantitative estimate of drug-likeness (QED) is 0.340. The fraction of sp³-hybridized carbons (Fsp3) is 0.346. The van der Waals surface area contributed by atoms with Crippen LogP contribution in [0.1, 0.15) is 39.7 Å². The number of rotatable bonds is 8. The van der Waals surface area contributed by atoms with Crippen molar-refractivity contribution < 1.29 is 22.6 Å². The van der Waals surface area contributed by atoms with Gasteiger partial charge in [-0.3, -0.25) is 14.1 Å². The first kappa shape index (κ1) is 28.5. The average Bonchev–Trinajstić information content (AvgIpc) is 2.83. The molecule has 2 aromatic carbocycles. The van der Waals surface area contributed by atoms with Gasteiger partial charge in [0.1, 0.15) is 11.3 Å². The molecule has 208 valence electrons. The number of sulfonamides is 1. The molecular formula is C26H32N5O6PS. The SMILES string of the molecule is CCOP1(=O)N=C(c2c(O)c(-c3ccccc3)nn(CCC(C)(C)C)c2=O)Nc2ccc(NS(C)(=O)=O)cc21. The van der Waals surface area contributed by atoms with E-state index in [1.807, 2.05) is 26.8 Å². The molecule has 1 aliphatic heterocycles. The number of aryl methyl sites for hydroxylation is 1. The molecule has 0 amide bonds. The van der Waals surface area contributed by atoms with E-state index in [2.05, 4.69) is 19.9 Å². The van der Waals surface area contributed by atoms with E-state index in [-0.39, 0.29) is 46.7 Å². The third kappa shape index (κ3) is 6.41. The number of nitrogens with one attached hydrogen (secondary N) is 2. The topological polar surface area (TPSA) is 152 Å². The van der Waals surface area contributed by atoms with E-state index in [0.29, 0.717) is 17.7 Å². The predicted octanol–water partition coefficient (Wildman–Crippen LogP) is 4.15. The molecule has 0 bridgehead atoms. The molecule has 3 aromatic rings. The zero-order valence-corrected chi connectivity index (χ0v) is 24.1. The molecule has 1 unspecified atom stereocenters. The molecule has 0 radical (unpaired) electrons. The molecule has 39 heavy (non-hydrogen) atoms. The van der Waals surface area contributed by atoms with Crippen LogP contribution in [-0.2, 0) is 25.7 Å². The number of aromatic nitrogens is 2. The molecular weight excluding hydrogens is 541 g/mol. The van der Waals surface area contributed by atoms with Gasteiger partial charge in [-0.05, 0) is 37.0 Å². The van der Waals surface area contributed by atoms with Gasteiger partial charge in [-0.25, -0.2) is 13.1 Å². The Balaban J connectivity index is 1.92. The second-order valence-corrected chi connectivity index (χ2v) is 14.1. The first-order valence-corrected chi connectivity index (χ1v) is 15.8. The highest BCUT2D eigenvalue weighted by Gasteiger charge is 2.36. The van der Waals surface area contributed by atoms with Crippen molar-refractivity contribution in [3.8, 4) is 17.0 Å². The number of aromatic hydroxyl groups is 1. The highest BCUT2D eigenvalue weighted by Crippen LogP contribution is 2.52. The minimum absolute atomic E-state index is 0.0324. The summed E-state index contributed by atoms with van der Waals surface area (Å²) in [6.07, 6.45) is 1.64. The molecule has 11 nitrogen and oxygen atoms in total. The van der Waals surface area contributed by atoms with Crippen molar-refractivity contribution in [2.24, 2.45) is 10.2 Å². The number of amidine groups is 1. The van der Waals surface area contributed by atoms with Gasteiger partial charge >= 0.3 is 7.52 Å². The number of hydrogen-bond donors (Lipinski definition) is 3. The zero-order valence-electron chi connectivity index (χ0n) is 22.4. The van der Waals surface area contributed by atoms with Gasteiger partial charge in [-0.2, -0.15) is 9.86 Å². The Kier molecular flexibility index (Phi) is 7.75. The third-order valence-electron chi connectivity index (χ3n) is 5.88. The van der Waals surface area contributed by atoms with Gasteiger partial charge in [0.15, 0.2) is 11.6 Å². The monoisotopic (exact) mass is 573 g/mol. The largest absolute Gasteiger partial charge is 0.505 e. The van der Waals surface area contributed by atoms with Gasteiger partial charge in [-0.1, -0.05) is 51.1 Å². The summed E-state index contributed by atoms with van der Waals surface area (Å²) in [5, 5.41) is 18.9. The van der Waals surface area contributed by atoms with Crippen molar-refractivity contribution in [2.75, 3.05) is 22.9 Å². The summed E-state index contributed by atoms with van der Waals surface area (Å²) in [5.74, 6) is -0.541. The number of nitrogens with zero attached hydrogens (tertiary/aromatic N) is 3. The van der Waals surface area contributed by atoms with E-state index in [1.54, 1.807) is 31.2 Å². The average molecular weight is 574 g/mol. The molecule has 0 fully saturated rings. The maximum atomic E-state index is 14.0. The molecule has 0 aliphatic carbocycles. The van der Waals surface area contributed by atoms with E-state index >= 15 is 0 Å². The second kappa shape index (κ2) is 10.6. The summed E-state index contributed by atoms with van der Waals surface area (Å²) < 4.78 is 51.1. The molecule has 1 aliphatic rings. The first-order chi connectivity index (χ1) is 18.2. The van der Waals surface area contributed by atoms with E-state index in [4.69, 9.17) is 4.52 Å². The molecule has 0 spiro atoms. The Morgan fingerprint density at radius 1 is 1.15 bits per heavy atom. The maximum absolute atomic E-state index is 14.0. The van der Waals surface area contributed by atoms with Crippen LogP contribution in [0.4, 0.5) is 11.4 Å². The number of benzene rings is 2. The minimum Gasteiger partial charge on any atom is -0.505 e. The van der Waals surface area contributed by atoms with Gasteiger partial charge in [0.25, 0.3) is 5.56 Å². The van der Waals surface area contributed by atoms with Crippen LogP contribution in [0.15, 0.2) is 58.1 Å². The molecule has 0 saturated heterocycles. The minimum atomic E-state index is -3.99. The fourth-order valence-corrected chi connectivity index (χ4v) is 6.39. The van der Waals surface area contributed by atoms with Crippen LogP contribution in [-0.4, -0.2) is 42.0 Å². The van der Waals surface area contributed by atoms with E-state index in [9.17, 15) is 22.9 Å². The summed E-state index contributed by atoms with van der Waals surface area (Å²) >= 11 is 0. The van der Waals surface area contributed by atoms with Crippen molar-refractivity contribution in [1.29, 1.82) is 0 Å². The number of fused-ring (bicyclic) bond motifs is 1. The third-order valence-corrected chi connectivity index (χ3v) is 8.54. The molecule has 1 atom stereocenters. The van der Waals surface area contributed by atoms with E-state index < -0.39 is 28.9 Å². The van der Waals surface area contributed by atoms with Gasteiger partial charge in [-0.15, -0.1) is 0 Å². The lowest BCUT2D eigenvalue weighted by Gasteiger charge is -2.26.